The van der Waals surface area contributed by atoms with Gasteiger partial charge in [0.15, 0.2) is 0 Å². The van der Waals surface area contributed by atoms with Crippen LogP contribution in [0.4, 0.5) is 11.5 Å². The predicted octanol–water partition coefficient (Wildman–Crippen LogP) is 5.80. The van der Waals surface area contributed by atoms with Crippen molar-refractivity contribution in [2.45, 2.75) is 33.6 Å². The Balaban J connectivity index is 1.59. The molecule has 0 fully saturated rings. The Morgan fingerprint density at radius 1 is 0.862 bits per heavy atom. The summed E-state index contributed by atoms with van der Waals surface area (Å²) in [5, 5.41) is 6.53. The second-order valence-electron chi connectivity index (χ2n) is 7.50. The predicted molar refractivity (Wildman–Crippen MR) is 122 cm³/mol. The first-order chi connectivity index (χ1) is 13.9. The molecule has 0 aliphatic heterocycles. The largest absolute Gasteiger partial charge is 0.359 e. The van der Waals surface area contributed by atoms with Gasteiger partial charge in [0.05, 0.1) is 5.69 Å². The van der Waals surface area contributed by atoms with Gasteiger partial charge < -0.3 is 10.6 Å². The SMILES string of the molecule is C=C(C)Nc1cc(Cc2ccc(NC(=C)Cc3ccc(C)c(C)c3)cc2)ncn1. The summed E-state index contributed by atoms with van der Waals surface area (Å²) < 4.78 is 0. The highest BCUT2D eigenvalue weighted by Crippen LogP contribution is 2.18. The van der Waals surface area contributed by atoms with E-state index in [0.29, 0.717) is 0 Å². The van der Waals surface area contributed by atoms with Gasteiger partial charge in [0.2, 0.25) is 0 Å². The van der Waals surface area contributed by atoms with Crippen LogP contribution in [0.1, 0.15) is 34.9 Å². The number of anilines is 2. The normalized spacial score (nSPS) is 10.4. The van der Waals surface area contributed by atoms with Crippen molar-refractivity contribution in [2.24, 2.45) is 0 Å². The van der Waals surface area contributed by atoms with Gasteiger partial charge in [-0.15, -0.1) is 0 Å². The van der Waals surface area contributed by atoms with Crippen molar-refractivity contribution in [2.75, 3.05) is 10.6 Å². The Morgan fingerprint density at radius 3 is 2.28 bits per heavy atom. The van der Waals surface area contributed by atoms with Crippen molar-refractivity contribution in [1.82, 2.24) is 9.97 Å². The Labute approximate surface area is 173 Å². The number of allylic oxidation sites excluding steroid dienone is 2. The van der Waals surface area contributed by atoms with Crippen LogP contribution >= 0.6 is 0 Å². The van der Waals surface area contributed by atoms with E-state index in [1.165, 1.54) is 22.3 Å². The molecule has 2 aromatic carbocycles. The molecule has 0 saturated heterocycles. The Hall–Kier alpha value is -3.40. The second-order valence-corrected chi connectivity index (χ2v) is 7.50. The molecule has 1 heterocycles. The van der Waals surface area contributed by atoms with Crippen LogP contribution in [0.5, 0.6) is 0 Å². The fraction of sp³-hybridized carbons (Fsp3) is 0.200. The number of aryl methyl sites for hydroxylation is 2. The van der Waals surface area contributed by atoms with Crippen molar-refractivity contribution in [1.29, 1.82) is 0 Å². The van der Waals surface area contributed by atoms with Crippen molar-refractivity contribution < 1.29 is 0 Å². The minimum Gasteiger partial charge on any atom is -0.359 e. The zero-order valence-corrected chi connectivity index (χ0v) is 17.4. The van der Waals surface area contributed by atoms with Crippen LogP contribution in [-0.2, 0) is 12.8 Å². The van der Waals surface area contributed by atoms with Crippen LogP contribution in [0.15, 0.2) is 79.4 Å². The summed E-state index contributed by atoms with van der Waals surface area (Å²) in [5.41, 5.74) is 8.91. The number of hydrogen-bond acceptors (Lipinski definition) is 4. The molecule has 2 N–H and O–H groups in total. The van der Waals surface area contributed by atoms with E-state index in [9.17, 15) is 0 Å². The average molecular weight is 385 g/mol. The first-order valence-electron chi connectivity index (χ1n) is 9.72. The minimum atomic E-state index is 0.747. The molecule has 0 spiro atoms. The van der Waals surface area contributed by atoms with Gasteiger partial charge in [-0.3, -0.25) is 0 Å². The first kappa shape index (κ1) is 20.3. The highest BCUT2D eigenvalue weighted by molar-refractivity contribution is 5.50. The maximum atomic E-state index is 4.36. The molecule has 29 heavy (non-hydrogen) atoms. The summed E-state index contributed by atoms with van der Waals surface area (Å²) in [6, 6.07) is 16.9. The van der Waals surface area contributed by atoms with Gasteiger partial charge in [0, 0.05) is 36.0 Å². The summed E-state index contributed by atoms with van der Waals surface area (Å²) in [5.74, 6) is 0.767. The summed E-state index contributed by atoms with van der Waals surface area (Å²) in [6.45, 7) is 14.2. The molecule has 4 nitrogen and oxygen atoms in total. The van der Waals surface area contributed by atoms with Crippen LogP contribution in [0.3, 0.4) is 0 Å². The van der Waals surface area contributed by atoms with Gasteiger partial charge in [-0.2, -0.15) is 0 Å². The molecule has 0 bridgehead atoms. The maximum Gasteiger partial charge on any atom is 0.133 e. The lowest BCUT2D eigenvalue weighted by Gasteiger charge is -2.12. The van der Waals surface area contributed by atoms with Crippen LogP contribution in [0, 0.1) is 13.8 Å². The van der Waals surface area contributed by atoms with Gasteiger partial charge in [-0.25, -0.2) is 9.97 Å². The fourth-order valence-electron chi connectivity index (χ4n) is 3.10. The Morgan fingerprint density at radius 2 is 1.59 bits per heavy atom. The molecular formula is C25H28N4. The maximum absolute atomic E-state index is 4.36. The van der Waals surface area contributed by atoms with E-state index in [0.717, 1.165) is 41.4 Å². The van der Waals surface area contributed by atoms with E-state index in [1.54, 1.807) is 6.33 Å². The standard InChI is InChI=1S/C25H28N4/c1-17(2)28-25-15-24(26-16-27-25)14-21-8-10-23(11-9-21)29-20(5)13-22-7-6-18(3)19(4)12-22/h6-12,15-16,29H,1,5,13-14H2,2-4H3,(H,26,27,28). The summed E-state index contributed by atoms with van der Waals surface area (Å²) >= 11 is 0. The number of aromatic nitrogens is 2. The highest BCUT2D eigenvalue weighted by atomic mass is 15.0. The molecule has 0 radical (unpaired) electrons. The van der Waals surface area contributed by atoms with Crippen molar-refractivity contribution >= 4 is 11.5 Å². The molecule has 0 aliphatic carbocycles. The molecule has 0 unspecified atom stereocenters. The second kappa shape index (κ2) is 9.20. The van der Waals surface area contributed by atoms with Gasteiger partial charge in [0.25, 0.3) is 0 Å². The van der Waals surface area contributed by atoms with Crippen molar-refractivity contribution in [3.05, 3.63) is 107 Å². The number of nitrogens with zero attached hydrogens (tertiary/aromatic N) is 2. The van der Waals surface area contributed by atoms with Crippen LogP contribution < -0.4 is 10.6 Å². The highest BCUT2D eigenvalue weighted by Gasteiger charge is 2.03. The lowest BCUT2D eigenvalue weighted by molar-refractivity contribution is 1.03. The van der Waals surface area contributed by atoms with E-state index >= 15 is 0 Å². The smallest absolute Gasteiger partial charge is 0.133 e. The molecule has 1 aromatic heterocycles. The van der Waals surface area contributed by atoms with E-state index in [4.69, 9.17) is 0 Å². The molecule has 3 aromatic rings. The molecule has 4 heteroatoms. The third-order valence-electron chi connectivity index (χ3n) is 4.71. The minimum absolute atomic E-state index is 0.747. The number of hydrogen-bond donors (Lipinski definition) is 2. The number of benzene rings is 2. The molecule has 0 atom stereocenters. The van der Waals surface area contributed by atoms with Crippen molar-refractivity contribution in [3.8, 4) is 0 Å². The van der Waals surface area contributed by atoms with Crippen LogP contribution in [-0.4, -0.2) is 9.97 Å². The zero-order chi connectivity index (χ0) is 20.8. The van der Waals surface area contributed by atoms with Gasteiger partial charge in [-0.1, -0.05) is 43.5 Å². The summed E-state index contributed by atoms with van der Waals surface area (Å²) in [6.07, 6.45) is 3.13. The third-order valence-corrected chi connectivity index (χ3v) is 4.71. The van der Waals surface area contributed by atoms with Gasteiger partial charge >= 0.3 is 0 Å². The molecule has 0 saturated carbocycles. The van der Waals surface area contributed by atoms with E-state index in [2.05, 4.69) is 90.1 Å². The van der Waals surface area contributed by atoms with Crippen molar-refractivity contribution in [3.63, 3.8) is 0 Å². The number of rotatable bonds is 8. The van der Waals surface area contributed by atoms with E-state index in [-0.39, 0.29) is 0 Å². The molecule has 0 amide bonds. The Kier molecular flexibility index (Phi) is 6.45. The van der Waals surface area contributed by atoms with E-state index in [1.807, 2.05) is 13.0 Å². The van der Waals surface area contributed by atoms with Crippen LogP contribution in [0.2, 0.25) is 0 Å². The fourth-order valence-corrected chi connectivity index (χ4v) is 3.10. The summed E-state index contributed by atoms with van der Waals surface area (Å²) in [7, 11) is 0. The quantitative estimate of drug-likeness (QED) is 0.515. The monoisotopic (exact) mass is 384 g/mol. The molecular weight excluding hydrogens is 356 g/mol. The van der Waals surface area contributed by atoms with Gasteiger partial charge in [-0.05, 0) is 55.2 Å². The topological polar surface area (TPSA) is 49.8 Å². The van der Waals surface area contributed by atoms with E-state index < -0.39 is 0 Å². The third kappa shape index (κ3) is 6.04. The van der Waals surface area contributed by atoms with Crippen LogP contribution in [0.25, 0.3) is 0 Å². The summed E-state index contributed by atoms with van der Waals surface area (Å²) in [4.78, 5) is 8.57. The molecule has 148 valence electrons. The molecule has 3 rings (SSSR count). The Bertz CT molecular complexity index is 1020. The first-order valence-corrected chi connectivity index (χ1v) is 9.72. The van der Waals surface area contributed by atoms with Gasteiger partial charge in [0.1, 0.15) is 12.1 Å². The average Bonchev–Trinajstić information content (AvgIpc) is 2.66. The lowest BCUT2D eigenvalue weighted by Crippen LogP contribution is -2.02. The zero-order valence-electron chi connectivity index (χ0n) is 17.4. The molecule has 0 aliphatic rings. The number of nitrogens with one attached hydrogen (secondary N) is 2. The lowest BCUT2D eigenvalue weighted by atomic mass is 10.0.